The van der Waals surface area contributed by atoms with E-state index in [1.807, 2.05) is 74.2 Å². The van der Waals surface area contributed by atoms with Crippen molar-refractivity contribution in [3.05, 3.63) is 95.6 Å². The van der Waals surface area contributed by atoms with Gasteiger partial charge in [0.25, 0.3) is 5.91 Å². The Morgan fingerprint density at radius 1 is 1.15 bits per heavy atom. The fraction of sp³-hybridized carbons (Fsp3) is 0.192. The Kier molecular flexibility index (Phi) is 6.86. The lowest BCUT2D eigenvalue weighted by atomic mass is 10.1. The summed E-state index contributed by atoms with van der Waals surface area (Å²) in [5.41, 5.74) is 4.01. The van der Waals surface area contributed by atoms with Crippen molar-refractivity contribution in [1.29, 1.82) is 0 Å². The van der Waals surface area contributed by atoms with E-state index in [9.17, 15) is 4.79 Å². The summed E-state index contributed by atoms with van der Waals surface area (Å²) < 4.78 is 7.15. The molecule has 4 aromatic rings. The molecular weight excluding hydrogens is 414 g/mol. The summed E-state index contributed by atoms with van der Waals surface area (Å²) in [5, 5.41) is 11.1. The van der Waals surface area contributed by atoms with Crippen LogP contribution in [0.1, 0.15) is 33.5 Å². The summed E-state index contributed by atoms with van der Waals surface area (Å²) in [6, 6.07) is 15.0. The van der Waals surface area contributed by atoms with E-state index in [1.165, 1.54) is 0 Å². The van der Waals surface area contributed by atoms with Gasteiger partial charge >= 0.3 is 0 Å². The average molecular weight is 440 g/mol. The van der Waals surface area contributed by atoms with Gasteiger partial charge in [-0.3, -0.25) is 9.89 Å². The number of aryl methyl sites for hydroxylation is 1. The van der Waals surface area contributed by atoms with Gasteiger partial charge in [-0.05, 0) is 54.8 Å². The first-order valence-corrected chi connectivity index (χ1v) is 10.7. The molecule has 0 aliphatic heterocycles. The highest BCUT2D eigenvalue weighted by Crippen LogP contribution is 2.19. The van der Waals surface area contributed by atoms with Gasteiger partial charge in [0.05, 0.1) is 30.1 Å². The van der Waals surface area contributed by atoms with Gasteiger partial charge in [0.2, 0.25) is 0 Å². The van der Waals surface area contributed by atoms with Crippen LogP contribution in [0.5, 0.6) is 5.75 Å². The number of nitrogens with one attached hydrogen (secondary N) is 1. The zero-order valence-electron chi connectivity index (χ0n) is 18.7. The predicted molar refractivity (Wildman–Crippen MR) is 126 cm³/mol. The first-order chi connectivity index (χ1) is 16.2. The highest BCUT2D eigenvalue weighted by molar-refractivity contribution is 5.94. The van der Waals surface area contributed by atoms with Crippen molar-refractivity contribution < 1.29 is 9.53 Å². The summed E-state index contributed by atoms with van der Waals surface area (Å²) in [4.78, 5) is 14.8. The molecule has 0 aliphatic rings. The second kappa shape index (κ2) is 10.3. The van der Waals surface area contributed by atoms with Gasteiger partial charge in [-0.1, -0.05) is 24.0 Å². The highest BCUT2D eigenvalue weighted by atomic mass is 16.5. The molecule has 1 amide bonds. The van der Waals surface area contributed by atoms with Crippen molar-refractivity contribution in [3.63, 3.8) is 0 Å². The number of benzene rings is 2. The molecule has 2 heterocycles. The van der Waals surface area contributed by atoms with E-state index < -0.39 is 0 Å². The number of aromatic amines is 1. The molecule has 7 heteroatoms. The van der Waals surface area contributed by atoms with E-state index in [1.54, 1.807) is 22.9 Å². The maximum absolute atomic E-state index is 13.1. The van der Waals surface area contributed by atoms with Gasteiger partial charge in [-0.2, -0.15) is 10.2 Å². The first-order valence-electron chi connectivity index (χ1n) is 10.7. The number of H-pyrrole nitrogens is 1. The zero-order valence-corrected chi connectivity index (χ0v) is 18.7. The summed E-state index contributed by atoms with van der Waals surface area (Å²) in [7, 11) is 3.44. The Bertz CT molecular complexity index is 1270. The van der Waals surface area contributed by atoms with Crippen LogP contribution in [0, 0.1) is 11.8 Å². The van der Waals surface area contributed by atoms with Gasteiger partial charge in [-0.15, -0.1) is 0 Å². The van der Waals surface area contributed by atoms with Gasteiger partial charge in [0, 0.05) is 37.7 Å². The maximum Gasteiger partial charge on any atom is 0.253 e. The van der Waals surface area contributed by atoms with Gasteiger partial charge in [0.15, 0.2) is 0 Å². The van der Waals surface area contributed by atoms with Crippen molar-refractivity contribution in [2.75, 3.05) is 20.7 Å². The quantitative estimate of drug-likeness (QED) is 0.446. The third kappa shape index (κ3) is 5.31. The maximum atomic E-state index is 13.1. The lowest BCUT2D eigenvalue weighted by molar-refractivity contribution is 0.0793. The minimum absolute atomic E-state index is 0.0467. The van der Waals surface area contributed by atoms with Crippen LogP contribution in [0.3, 0.4) is 0 Å². The molecule has 0 unspecified atom stereocenters. The van der Waals surface area contributed by atoms with E-state index in [0.29, 0.717) is 23.4 Å². The Morgan fingerprint density at radius 2 is 2.00 bits per heavy atom. The van der Waals surface area contributed by atoms with Crippen molar-refractivity contribution in [2.45, 2.75) is 12.8 Å². The highest BCUT2D eigenvalue weighted by Gasteiger charge is 2.14. The molecule has 4 rings (SSSR count). The van der Waals surface area contributed by atoms with Crippen molar-refractivity contribution in [2.24, 2.45) is 0 Å². The molecule has 2 aromatic heterocycles. The van der Waals surface area contributed by atoms with Crippen molar-refractivity contribution >= 4 is 5.91 Å². The molecule has 0 saturated heterocycles. The first kappa shape index (κ1) is 21.9. The fourth-order valence-electron chi connectivity index (χ4n) is 3.52. The number of para-hydroxylation sites is 1. The number of rotatable bonds is 7. The fourth-order valence-corrected chi connectivity index (χ4v) is 3.52. The van der Waals surface area contributed by atoms with Crippen LogP contribution in [0.25, 0.3) is 5.69 Å². The van der Waals surface area contributed by atoms with E-state index in [0.717, 1.165) is 29.7 Å². The van der Waals surface area contributed by atoms with Crippen LogP contribution in [-0.4, -0.2) is 51.5 Å². The van der Waals surface area contributed by atoms with Crippen molar-refractivity contribution in [3.8, 4) is 23.3 Å². The monoisotopic (exact) mass is 439 g/mol. The topological polar surface area (TPSA) is 76.0 Å². The molecule has 0 saturated carbocycles. The number of methoxy groups -OCH3 is 1. The summed E-state index contributed by atoms with van der Waals surface area (Å²) in [6.07, 6.45) is 8.97. The number of carbonyl (C=O) groups is 1. The van der Waals surface area contributed by atoms with Gasteiger partial charge < -0.3 is 9.64 Å². The van der Waals surface area contributed by atoms with E-state index in [-0.39, 0.29) is 5.91 Å². The molecular formula is C26H25N5O2. The van der Waals surface area contributed by atoms with Gasteiger partial charge in [0.1, 0.15) is 5.75 Å². The number of ether oxygens (including phenoxy) is 1. The molecule has 7 nitrogen and oxygen atoms in total. The Labute approximate surface area is 193 Å². The molecule has 0 radical (unpaired) electrons. The molecule has 166 valence electrons. The number of carbonyl (C=O) groups excluding carboxylic acids is 1. The molecule has 0 fully saturated rings. The lowest BCUT2D eigenvalue weighted by Gasteiger charge is -2.17. The average Bonchev–Trinajstić information content (AvgIpc) is 3.57. The summed E-state index contributed by atoms with van der Waals surface area (Å²) in [6.45, 7) is 0.646. The van der Waals surface area contributed by atoms with Gasteiger partial charge in [-0.25, -0.2) is 4.68 Å². The van der Waals surface area contributed by atoms with Crippen LogP contribution in [0.2, 0.25) is 0 Å². The molecule has 33 heavy (non-hydrogen) atoms. The van der Waals surface area contributed by atoms with E-state index >= 15 is 0 Å². The number of hydrogen-bond donors (Lipinski definition) is 1. The molecule has 2 aromatic carbocycles. The second-order valence-electron chi connectivity index (χ2n) is 7.57. The van der Waals surface area contributed by atoms with E-state index in [4.69, 9.17) is 4.74 Å². The Balaban J connectivity index is 1.58. The van der Waals surface area contributed by atoms with Crippen LogP contribution in [0.4, 0.5) is 0 Å². The molecule has 0 aliphatic carbocycles. The van der Waals surface area contributed by atoms with Crippen molar-refractivity contribution in [1.82, 2.24) is 24.9 Å². The summed E-state index contributed by atoms with van der Waals surface area (Å²) >= 11 is 0. The molecule has 0 spiro atoms. The number of aromatic nitrogens is 4. The minimum Gasteiger partial charge on any atom is -0.495 e. The summed E-state index contributed by atoms with van der Waals surface area (Å²) in [5.74, 6) is 7.05. The third-order valence-corrected chi connectivity index (χ3v) is 5.29. The largest absolute Gasteiger partial charge is 0.495 e. The molecule has 0 bridgehead atoms. The van der Waals surface area contributed by atoms with Crippen LogP contribution < -0.4 is 4.74 Å². The smallest absolute Gasteiger partial charge is 0.253 e. The minimum atomic E-state index is -0.0467. The van der Waals surface area contributed by atoms with Crippen LogP contribution in [0.15, 0.2) is 73.3 Å². The standard InChI is InChI=1S/C26H25N5O2/c1-30(15-5-7-20-18-27-28-19-20)26(32)23-12-13-24(31-16-6-14-29-31)22(17-23)11-10-21-8-3-4-9-25(21)33-2/h3-4,6,8-9,12-14,16-19H,5,7,15H2,1-2H3,(H,27,28). The van der Waals surface area contributed by atoms with Crippen LogP contribution >= 0.6 is 0 Å². The third-order valence-electron chi connectivity index (χ3n) is 5.29. The van der Waals surface area contributed by atoms with E-state index in [2.05, 4.69) is 27.1 Å². The molecule has 0 atom stereocenters. The van der Waals surface area contributed by atoms with Crippen LogP contribution in [-0.2, 0) is 6.42 Å². The number of hydrogen-bond acceptors (Lipinski definition) is 4. The Morgan fingerprint density at radius 3 is 2.76 bits per heavy atom. The lowest BCUT2D eigenvalue weighted by Crippen LogP contribution is -2.28. The number of amides is 1. The molecule has 1 N–H and O–H groups in total. The normalized spacial score (nSPS) is 10.4. The number of nitrogens with zero attached hydrogens (tertiary/aromatic N) is 4. The Hall–Kier alpha value is -4.31. The zero-order chi connectivity index (χ0) is 23.0. The SMILES string of the molecule is COc1ccccc1C#Cc1cc(C(=O)N(C)CCCc2cn[nH]c2)ccc1-n1cccn1. The second-order valence-corrected chi connectivity index (χ2v) is 7.57. The predicted octanol–water partition coefficient (Wildman–Crippen LogP) is 3.71.